The average Bonchev–Trinajstić information content (AvgIpc) is 2.74. The molecule has 1 N–H and O–H groups in total. The molecule has 1 aromatic carbocycles. The molecule has 4 nitrogen and oxygen atoms in total. The second-order valence-corrected chi connectivity index (χ2v) is 9.28. The van der Waals surface area contributed by atoms with Crippen molar-refractivity contribution in [3.05, 3.63) is 70.3 Å². The molecule has 0 unspecified atom stereocenters. The van der Waals surface area contributed by atoms with E-state index in [4.69, 9.17) is 4.74 Å². The average molecular weight is 480 g/mol. The Labute approximate surface area is 200 Å². The minimum atomic E-state index is -0.918. The van der Waals surface area contributed by atoms with Crippen molar-refractivity contribution in [3.8, 4) is 0 Å². The maximum Gasteiger partial charge on any atom is 0.329 e. The molecule has 0 spiro atoms. The Morgan fingerprint density at radius 3 is 2.12 bits per heavy atom. The second-order valence-electron chi connectivity index (χ2n) is 8.20. The largest absolute Gasteiger partial charge is 0.467 e. The zero-order chi connectivity index (χ0) is 24.8. The molecule has 7 heteroatoms. The van der Waals surface area contributed by atoms with Crippen molar-refractivity contribution in [2.45, 2.75) is 59.4 Å². The zero-order valence-corrected chi connectivity index (χ0v) is 21.0. The van der Waals surface area contributed by atoms with Gasteiger partial charge in [-0.3, -0.25) is 4.79 Å². The quantitative estimate of drug-likeness (QED) is 0.202. The number of halogens is 2. The van der Waals surface area contributed by atoms with E-state index in [2.05, 4.69) is 51.2 Å². The number of hydrogen-bond donors (Lipinski definition) is 1. The highest BCUT2D eigenvalue weighted by Gasteiger charge is 2.22. The van der Waals surface area contributed by atoms with Crippen LogP contribution in [0.15, 0.2) is 53.1 Å². The molecule has 0 bridgehead atoms. The monoisotopic (exact) mass is 479 g/mol. The van der Waals surface area contributed by atoms with Crippen LogP contribution in [-0.2, 0) is 9.53 Å². The van der Waals surface area contributed by atoms with Gasteiger partial charge in [0, 0.05) is 23.1 Å². The number of esters is 1. The number of allylic oxidation sites excluding steroid dienone is 5. The van der Waals surface area contributed by atoms with E-state index < -0.39 is 29.6 Å². The maximum atomic E-state index is 13.4. The Bertz CT molecular complexity index is 869. The van der Waals surface area contributed by atoms with Crippen LogP contribution in [0.5, 0.6) is 0 Å². The Balaban J connectivity index is 2.50. The lowest BCUT2D eigenvalue weighted by atomic mass is 10.1. The number of nitrogens with one attached hydrogen (secondary N) is 1. The van der Waals surface area contributed by atoms with Crippen molar-refractivity contribution in [2.75, 3.05) is 18.6 Å². The van der Waals surface area contributed by atoms with Gasteiger partial charge in [0.15, 0.2) is 0 Å². The number of thioether (sulfide) groups is 1. The van der Waals surface area contributed by atoms with Crippen LogP contribution in [0.1, 0.15) is 63.7 Å². The van der Waals surface area contributed by atoms with Gasteiger partial charge in [-0.25, -0.2) is 13.6 Å². The molecule has 1 rings (SSSR count). The van der Waals surface area contributed by atoms with Crippen molar-refractivity contribution >= 4 is 23.6 Å². The Morgan fingerprint density at radius 2 is 1.55 bits per heavy atom. The first kappa shape index (κ1) is 28.6. The molecular weight excluding hydrogens is 444 g/mol. The van der Waals surface area contributed by atoms with Gasteiger partial charge in [-0.1, -0.05) is 34.9 Å². The predicted molar refractivity (Wildman–Crippen MR) is 132 cm³/mol. The van der Waals surface area contributed by atoms with Crippen LogP contribution in [0, 0.1) is 11.6 Å². The Morgan fingerprint density at radius 1 is 0.970 bits per heavy atom. The lowest BCUT2D eigenvalue weighted by Gasteiger charge is -2.16. The van der Waals surface area contributed by atoms with E-state index in [1.807, 2.05) is 0 Å². The molecule has 33 heavy (non-hydrogen) atoms. The number of amides is 1. The third-order valence-electron chi connectivity index (χ3n) is 4.87. The van der Waals surface area contributed by atoms with E-state index in [0.717, 1.165) is 37.8 Å². The fourth-order valence-corrected chi connectivity index (χ4v) is 3.96. The molecule has 0 radical (unpaired) electrons. The molecule has 1 amide bonds. The Kier molecular flexibility index (Phi) is 13.4. The summed E-state index contributed by atoms with van der Waals surface area (Å²) >= 11 is 1.47. The smallest absolute Gasteiger partial charge is 0.329 e. The summed E-state index contributed by atoms with van der Waals surface area (Å²) in [5.74, 6) is -2.11. The maximum absolute atomic E-state index is 13.4. The number of rotatable bonds is 13. The molecule has 0 aliphatic carbocycles. The molecule has 0 heterocycles. The minimum absolute atomic E-state index is 0.189. The van der Waals surface area contributed by atoms with Gasteiger partial charge >= 0.3 is 5.97 Å². The summed E-state index contributed by atoms with van der Waals surface area (Å²) in [6.07, 6.45) is 10.7. The van der Waals surface area contributed by atoms with Gasteiger partial charge in [-0.15, -0.1) is 0 Å². The lowest BCUT2D eigenvalue weighted by Crippen LogP contribution is -2.43. The molecule has 0 aromatic heterocycles. The van der Waals surface area contributed by atoms with E-state index in [1.165, 1.54) is 35.6 Å². The van der Waals surface area contributed by atoms with Crippen molar-refractivity contribution in [2.24, 2.45) is 0 Å². The number of benzene rings is 1. The topological polar surface area (TPSA) is 55.4 Å². The first-order chi connectivity index (χ1) is 15.6. The number of methoxy groups -OCH3 is 1. The van der Waals surface area contributed by atoms with Crippen LogP contribution in [0.25, 0.3) is 0 Å². The van der Waals surface area contributed by atoms with Crippen LogP contribution in [-0.4, -0.2) is 36.5 Å². The van der Waals surface area contributed by atoms with Gasteiger partial charge < -0.3 is 10.1 Å². The van der Waals surface area contributed by atoms with Crippen LogP contribution in [0.4, 0.5) is 8.78 Å². The first-order valence-corrected chi connectivity index (χ1v) is 12.1. The van der Waals surface area contributed by atoms with Crippen molar-refractivity contribution < 1.29 is 23.1 Å². The van der Waals surface area contributed by atoms with Crippen molar-refractivity contribution in [1.29, 1.82) is 0 Å². The summed E-state index contributed by atoms with van der Waals surface area (Å²) in [7, 11) is 1.23. The SMILES string of the molecule is COC(=O)[C@H](CSC/C=C(\C)CC/C=C(\C)CCC=C(C)C)NC(=O)c1cc(F)cc(F)c1. The van der Waals surface area contributed by atoms with E-state index in [0.29, 0.717) is 11.8 Å². The molecule has 0 aliphatic rings. The molecule has 182 valence electrons. The Hall–Kier alpha value is -2.41. The summed E-state index contributed by atoms with van der Waals surface area (Å²) in [5, 5.41) is 2.50. The van der Waals surface area contributed by atoms with Gasteiger partial charge in [0.25, 0.3) is 5.91 Å². The van der Waals surface area contributed by atoms with Gasteiger partial charge in [0.1, 0.15) is 17.7 Å². The number of ether oxygens (including phenoxy) is 1. The first-order valence-electron chi connectivity index (χ1n) is 11.0. The summed E-state index contributed by atoms with van der Waals surface area (Å²) in [4.78, 5) is 24.3. The van der Waals surface area contributed by atoms with Crippen LogP contribution < -0.4 is 5.32 Å². The van der Waals surface area contributed by atoms with E-state index in [-0.39, 0.29) is 11.3 Å². The van der Waals surface area contributed by atoms with Crippen LogP contribution in [0.3, 0.4) is 0 Å². The second kappa shape index (κ2) is 15.4. The highest BCUT2D eigenvalue weighted by atomic mass is 32.2. The molecule has 0 aliphatic heterocycles. The van der Waals surface area contributed by atoms with Crippen molar-refractivity contribution in [3.63, 3.8) is 0 Å². The van der Waals surface area contributed by atoms with E-state index >= 15 is 0 Å². The minimum Gasteiger partial charge on any atom is -0.467 e. The third-order valence-corrected chi connectivity index (χ3v) is 5.84. The molecule has 1 aromatic rings. The highest BCUT2D eigenvalue weighted by molar-refractivity contribution is 7.99. The molecule has 0 saturated heterocycles. The van der Waals surface area contributed by atoms with Gasteiger partial charge in [0.2, 0.25) is 0 Å². The highest BCUT2D eigenvalue weighted by Crippen LogP contribution is 2.14. The zero-order valence-electron chi connectivity index (χ0n) is 20.2. The number of carbonyl (C=O) groups excluding carboxylic acids is 2. The molecule has 0 fully saturated rings. The molecular formula is C26H35F2NO3S. The standard InChI is InChI=1S/C26H35F2NO3S/c1-18(2)8-6-9-19(3)10-7-11-20(4)12-13-33-17-24(26(31)32-5)29-25(30)21-14-22(27)16-23(28)15-21/h8,10,12,14-16,24H,6-7,9,11,13,17H2,1-5H3,(H,29,30)/b19-10+,20-12+/t24-/m0/s1. The number of carbonyl (C=O) groups is 2. The summed E-state index contributed by atoms with van der Waals surface area (Å²) in [6, 6.07) is 1.60. The van der Waals surface area contributed by atoms with Crippen molar-refractivity contribution in [1.82, 2.24) is 5.32 Å². The third kappa shape index (κ3) is 12.4. The molecule has 1 atom stereocenters. The summed E-state index contributed by atoms with van der Waals surface area (Å²) in [5.41, 5.74) is 3.80. The predicted octanol–water partition coefficient (Wildman–Crippen LogP) is 6.39. The summed E-state index contributed by atoms with van der Waals surface area (Å²) < 4.78 is 31.5. The lowest BCUT2D eigenvalue weighted by molar-refractivity contribution is -0.142. The molecule has 0 saturated carbocycles. The fourth-order valence-electron chi connectivity index (χ4n) is 2.96. The fraction of sp³-hybridized carbons (Fsp3) is 0.462. The van der Waals surface area contributed by atoms with E-state index in [1.54, 1.807) is 0 Å². The van der Waals surface area contributed by atoms with E-state index in [9.17, 15) is 18.4 Å². The number of hydrogen-bond acceptors (Lipinski definition) is 4. The van der Waals surface area contributed by atoms with Gasteiger partial charge in [-0.05, 0) is 65.5 Å². The summed E-state index contributed by atoms with van der Waals surface area (Å²) in [6.45, 7) is 8.45. The van der Waals surface area contributed by atoms with Gasteiger partial charge in [-0.2, -0.15) is 11.8 Å². The normalized spacial score (nSPS) is 12.8. The van der Waals surface area contributed by atoms with Crippen LogP contribution >= 0.6 is 11.8 Å². The van der Waals surface area contributed by atoms with Gasteiger partial charge in [0.05, 0.1) is 7.11 Å². The van der Waals surface area contributed by atoms with Crippen LogP contribution in [0.2, 0.25) is 0 Å².